The molecular formula is C14H22N2O4. The number of carboxylic acids is 1. The van der Waals surface area contributed by atoms with Crippen LogP contribution in [0.2, 0.25) is 0 Å². The van der Waals surface area contributed by atoms with Crippen LogP contribution in [0.1, 0.15) is 23.9 Å². The van der Waals surface area contributed by atoms with Crippen molar-refractivity contribution in [3.05, 3.63) is 24.2 Å². The third-order valence-corrected chi connectivity index (χ3v) is 2.97. The van der Waals surface area contributed by atoms with Gasteiger partial charge in [0.25, 0.3) is 5.91 Å². The molecule has 0 spiro atoms. The highest BCUT2D eigenvalue weighted by Crippen LogP contribution is 2.09. The number of hydrogen-bond donors (Lipinski definition) is 1. The number of hydrogen-bond acceptors (Lipinski definition) is 4. The minimum Gasteiger partial charge on any atom is -0.481 e. The summed E-state index contributed by atoms with van der Waals surface area (Å²) < 4.78 is 5.10. The summed E-state index contributed by atoms with van der Waals surface area (Å²) in [7, 11) is 3.91. The zero-order valence-corrected chi connectivity index (χ0v) is 12.2. The van der Waals surface area contributed by atoms with Gasteiger partial charge in [-0.1, -0.05) is 6.92 Å². The largest absolute Gasteiger partial charge is 0.481 e. The van der Waals surface area contributed by atoms with Crippen LogP contribution in [0.5, 0.6) is 0 Å². The van der Waals surface area contributed by atoms with E-state index in [2.05, 4.69) is 0 Å². The normalized spacial score (nSPS) is 12.4. The number of carboxylic acid groups (broad SMARTS) is 1. The van der Waals surface area contributed by atoms with Gasteiger partial charge in [0.15, 0.2) is 5.76 Å². The van der Waals surface area contributed by atoms with E-state index < -0.39 is 11.9 Å². The Labute approximate surface area is 119 Å². The molecule has 1 atom stereocenters. The Kier molecular flexibility index (Phi) is 6.24. The van der Waals surface area contributed by atoms with Gasteiger partial charge in [-0.2, -0.15) is 0 Å². The first-order chi connectivity index (χ1) is 9.41. The molecule has 0 bridgehead atoms. The zero-order chi connectivity index (χ0) is 15.1. The second-order valence-corrected chi connectivity index (χ2v) is 5.12. The van der Waals surface area contributed by atoms with Gasteiger partial charge in [0.1, 0.15) is 0 Å². The highest BCUT2D eigenvalue weighted by molar-refractivity contribution is 5.91. The average molecular weight is 282 g/mol. The lowest BCUT2D eigenvalue weighted by molar-refractivity contribution is -0.141. The SMILES string of the molecule is CC(CN(CCCN(C)C)C(=O)c1ccco1)C(=O)O. The molecule has 0 aliphatic carbocycles. The Morgan fingerprint density at radius 3 is 2.55 bits per heavy atom. The molecule has 1 heterocycles. The van der Waals surface area contributed by atoms with E-state index in [9.17, 15) is 9.59 Å². The topological polar surface area (TPSA) is 74.0 Å². The Morgan fingerprint density at radius 1 is 1.35 bits per heavy atom. The molecule has 6 nitrogen and oxygen atoms in total. The van der Waals surface area contributed by atoms with E-state index in [0.717, 1.165) is 13.0 Å². The van der Waals surface area contributed by atoms with Gasteiger partial charge < -0.3 is 19.3 Å². The van der Waals surface area contributed by atoms with Gasteiger partial charge in [0, 0.05) is 13.1 Å². The van der Waals surface area contributed by atoms with Crippen LogP contribution in [-0.2, 0) is 4.79 Å². The molecule has 0 radical (unpaired) electrons. The van der Waals surface area contributed by atoms with Crippen LogP contribution in [0, 0.1) is 5.92 Å². The lowest BCUT2D eigenvalue weighted by Crippen LogP contribution is -2.38. The number of carbonyl (C=O) groups is 2. The molecule has 0 aromatic carbocycles. The van der Waals surface area contributed by atoms with Crippen LogP contribution in [-0.4, -0.2) is 60.5 Å². The summed E-state index contributed by atoms with van der Waals surface area (Å²) in [4.78, 5) is 26.8. The van der Waals surface area contributed by atoms with Gasteiger partial charge in [-0.05, 0) is 39.2 Å². The van der Waals surface area contributed by atoms with Crippen molar-refractivity contribution in [3.63, 3.8) is 0 Å². The zero-order valence-electron chi connectivity index (χ0n) is 12.2. The number of amides is 1. The molecule has 6 heteroatoms. The quantitative estimate of drug-likeness (QED) is 0.780. The highest BCUT2D eigenvalue weighted by atomic mass is 16.4. The van der Waals surface area contributed by atoms with Crippen molar-refractivity contribution in [2.24, 2.45) is 5.92 Å². The van der Waals surface area contributed by atoms with Crippen molar-refractivity contribution in [1.29, 1.82) is 0 Å². The molecule has 0 aliphatic rings. The summed E-state index contributed by atoms with van der Waals surface area (Å²) in [6.45, 7) is 3.12. The molecule has 20 heavy (non-hydrogen) atoms. The second kappa shape index (κ2) is 7.69. The van der Waals surface area contributed by atoms with Crippen LogP contribution < -0.4 is 0 Å². The van der Waals surface area contributed by atoms with E-state index in [1.165, 1.54) is 6.26 Å². The maximum atomic E-state index is 12.3. The van der Waals surface area contributed by atoms with E-state index in [1.807, 2.05) is 19.0 Å². The van der Waals surface area contributed by atoms with Gasteiger partial charge in [0.2, 0.25) is 0 Å². The van der Waals surface area contributed by atoms with Gasteiger partial charge in [0.05, 0.1) is 12.2 Å². The maximum absolute atomic E-state index is 12.3. The van der Waals surface area contributed by atoms with E-state index in [4.69, 9.17) is 9.52 Å². The third-order valence-electron chi connectivity index (χ3n) is 2.97. The number of furan rings is 1. The summed E-state index contributed by atoms with van der Waals surface area (Å²) in [6, 6.07) is 3.23. The Bertz CT molecular complexity index is 428. The minimum absolute atomic E-state index is 0.183. The molecule has 0 aliphatic heterocycles. The number of nitrogens with zero attached hydrogens (tertiary/aromatic N) is 2. The average Bonchev–Trinajstić information content (AvgIpc) is 2.89. The molecule has 1 rings (SSSR count). The lowest BCUT2D eigenvalue weighted by atomic mass is 10.1. The third kappa shape index (κ3) is 5.05. The molecule has 1 unspecified atom stereocenters. The fourth-order valence-corrected chi connectivity index (χ4v) is 1.82. The molecule has 1 N–H and O–H groups in total. The van der Waals surface area contributed by atoms with Crippen molar-refractivity contribution in [3.8, 4) is 0 Å². The van der Waals surface area contributed by atoms with E-state index in [1.54, 1.807) is 24.0 Å². The summed E-state index contributed by atoms with van der Waals surface area (Å²) >= 11 is 0. The Hall–Kier alpha value is -1.82. The summed E-state index contributed by atoms with van der Waals surface area (Å²) in [5, 5.41) is 8.99. The van der Waals surface area contributed by atoms with Crippen molar-refractivity contribution >= 4 is 11.9 Å². The predicted octanol–water partition coefficient (Wildman–Crippen LogP) is 1.39. The van der Waals surface area contributed by atoms with Crippen molar-refractivity contribution in [1.82, 2.24) is 9.80 Å². The second-order valence-electron chi connectivity index (χ2n) is 5.12. The Morgan fingerprint density at radius 2 is 2.05 bits per heavy atom. The van der Waals surface area contributed by atoms with E-state index >= 15 is 0 Å². The molecule has 0 fully saturated rings. The van der Waals surface area contributed by atoms with Crippen LogP contribution >= 0.6 is 0 Å². The molecule has 1 aromatic heterocycles. The van der Waals surface area contributed by atoms with Crippen molar-refractivity contribution in [2.45, 2.75) is 13.3 Å². The van der Waals surface area contributed by atoms with E-state index in [0.29, 0.717) is 6.54 Å². The standard InChI is InChI=1S/C14H22N2O4/c1-11(14(18)19)10-16(8-5-7-15(2)3)13(17)12-6-4-9-20-12/h4,6,9,11H,5,7-8,10H2,1-3H3,(H,18,19). The summed E-state index contributed by atoms with van der Waals surface area (Å²) in [5.41, 5.74) is 0. The first kappa shape index (κ1) is 16.2. The van der Waals surface area contributed by atoms with Crippen LogP contribution in [0.4, 0.5) is 0 Å². The number of carbonyl (C=O) groups excluding carboxylic acids is 1. The monoisotopic (exact) mass is 282 g/mol. The Balaban J connectivity index is 2.68. The lowest BCUT2D eigenvalue weighted by Gasteiger charge is -2.24. The first-order valence-electron chi connectivity index (χ1n) is 6.62. The number of aliphatic carboxylic acids is 1. The number of rotatable bonds is 8. The summed E-state index contributed by atoms with van der Waals surface area (Å²) in [5.74, 6) is -1.53. The van der Waals surface area contributed by atoms with Gasteiger partial charge in [-0.25, -0.2) is 0 Å². The highest BCUT2D eigenvalue weighted by Gasteiger charge is 2.22. The smallest absolute Gasteiger partial charge is 0.308 e. The minimum atomic E-state index is -0.908. The fourth-order valence-electron chi connectivity index (χ4n) is 1.82. The van der Waals surface area contributed by atoms with Crippen LogP contribution in [0.15, 0.2) is 22.8 Å². The molecule has 1 aromatic rings. The van der Waals surface area contributed by atoms with Gasteiger partial charge >= 0.3 is 5.97 Å². The molecular weight excluding hydrogens is 260 g/mol. The fraction of sp³-hybridized carbons (Fsp3) is 0.571. The molecule has 1 amide bonds. The molecule has 0 saturated carbocycles. The van der Waals surface area contributed by atoms with Crippen LogP contribution in [0.3, 0.4) is 0 Å². The first-order valence-corrected chi connectivity index (χ1v) is 6.62. The summed E-state index contributed by atoms with van der Waals surface area (Å²) in [6.07, 6.45) is 2.22. The van der Waals surface area contributed by atoms with Crippen molar-refractivity contribution in [2.75, 3.05) is 33.7 Å². The van der Waals surface area contributed by atoms with Crippen molar-refractivity contribution < 1.29 is 19.1 Å². The van der Waals surface area contributed by atoms with Gasteiger partial charge in [-0.3, -0.25) is 9.59 Å². The maximum Gasteiger partial charge on any atom is 0.308 e. The van der Waals surface area contributed by atoms with Crippen LogP contribution in [0.25, 0.3) is 0 Å². The molecule has 0 saturated heterocycles. The molecule has 112 valence electrons. The van der Waals surface area contributed by atoms with Gasteiger partial charge in [-0.15, -0.1) is 0 Å². The van der Waals surface area contributed by atoms with E-state index in [-0.39, 0.29) is 18.2 Å². The predicted molar refractivity (Wildman–Crippen MR) is 74.6 cm³/mol.